The van der Waals surface area contributed by atoms with E-state index in [1.165, 1.54) is 0 Å². The summed E-state index contributed by atoms with van der Waals surface area (Å²) < 4.78 is 0. The molecule has 0 aliphatic carbocycles. The van der Waals surface area contributed by atoms with Gasteiger partial charge >= 0.3 is 5.97 Å². The van der Waals surface area contributed by atoms with E-state index in [4.69, 9.17) is 5.11 Å². The van der Waals surface area contributed by atoms with Crippen LogP contribution in [0.5, 0.6) is 0 Å². The third kappa shape index (κ3) is 3.95. The van der Waals surface area contributed by atoms with Crippen LogP contribution in [0.2, 0.25) is 0 Å². The van der Waals surface area contributed by atoms with Crippen molar-refractivity contribution in [1.82, 2.24) is 0 Å². The molecule has 1 unspecified atom stereocenters. The molecule has 0 aromatic heterocycles. The number of nitrogens with zero attached hydrogens (tertiary/aromatic N) is 2. The van der Waals surface area contributed by atoms with Crippen molar-refractivity contribution in [1.29, 1.82) is 0 Å². The molecule has 7 heteroatoms. The summed E-state index contributed by atoms with van der Waals surface area (Å²) in [5.74, 6) is -1.43. The average molecular weight is 162 g/mol. The number of nitroso groups, excluding NO2 is 1. The van der Waals surface area contributed by atoms with Gasteiger partial charge in [0.1, 0.15) is 0 Å². The number of hydrogen-bond donors (Lipinski definition) is 1. The van der Waals surface area contributed by atoms with Gasteiger partial charge in [-0.2, -0.15) is 0 Å². The van der Waals surface area contributed by atoms with Gasteiger partial charge in [-0.1, -0.05) is 5.18 Å². The van der Waals surface area contributed by atoms with Gasteiger partial charge in [0.2, 0.25) is 6.54 Å². The highest BCUT2D eigenvalue weighted by molar-refractivity contribution is 5.73. The number of carbonyl (C=O) groups is 1. The first-order valence-electron chi connectivity index (χ1n) is 2.75. The Morgan fingerprint density at radius 2 is 2.27 bits per heavy atom. The Bertz CT molecular complexity index is 179. The highest BCUT2D eigenvalue weighted by atomic mass is 16.6. The maximum absolute atomic E-state index is 10.0. The van der Waals surface area contributed by atoms with Crippen molar-refractivity contribution in [2.45, 2.75) is 12.5 Å². The summed E-state index contributed by atoms with van der Waals surface area (Å²) in [4.78, 5) is 28.8. The molecule has 0 radical (unpaired) electrons. The molecule has 0 amide bonds. The first-order valence-corrected chi connectivity index (χ1v) is 2.75. The second-order valence-corrected chi connectivity index (χ2v) is 1.80. The summed E-state index contributed by atoms with van der Waals surface area (Å²) >= 11 is 0. The van der Waals surface area contributed by atoms with E-state index in [1.807, 2.05) is 0 Å². The van der Waals surface area contributed by atoms with Crippen LogP contribution >= 0.6 is 0 Å². The van der Waals surface area contributed by atoms with Crippen LogP contribution in [0.3, 0.4) is 0 Å². The van der Waals surface area contributed by atoms with Gasteiger partial charge in [0.05, 0.1) is 0 Å². The van der Waals surface area contributed by atoms with Crippen molar-refractivity contribution in [3.8, 4) is 0 Å². The molecule has 7 nitrogen and oxygen atoms in total. The Morgan fingerprint density at radius 1 is 1.73 bits per heavy atom. The third-order valence-electron chi connectivity index (χ3n) is 0.997. The molecular formula is C4H6N2O5. The Kier molecular flexibility index (Phi) is 3.71. The highest BCUT2D eigenvalue weighted by Gasteiger charge is 2.19. The Hall–Kier alpha value is -1.53. The maximum Gasteiger partial charge on any atom is 0.332 e. The molecule has 0 rings (SSSR count). The van der Waals surface area contributed by atoms with Crippen LogP contribution in [0.25, 0.3) is 0 Å². The van der Waals surface area contributed by atoms with Crippen molar-refractivity contribution in [3.05, 3.63) is 15.0 Å². The van der Waals surface area contributed by atoms with Crippen LogP contribution in [-0.2, 0) is 4.79 Å². The van der Waals surface area contributed by atoms with E-state index in [0.717, 1.165) is 0 Å². The lowest BCUT2D eigenvalue weighted by molar-refractivity contribution is -0.480. The second kappa shape index (κ2) is 4.31. The zero-order chi connectivity index (χ0) is 8.85. The lowest BCUT2D eigenvalue weighted by Crippen LogP contribution is -2.20. The SMILES string of the molecule is O=NC(CC[N+](=O)[O-])C(=O)O. The Balaban J connectivity index is 3.79. The minimum absolute atomic E-state index is 0.355. The molecule has 0 aliphatic rings. The smallest absolute Gasteiger partial charge is 0.332 e. The molecule has 62 valence electrons. The number of carboxylic acid groups (broad SMARTS) is 1. The molecule has 0 fully saturated rings. The summed E-state index contributed by atoms with van der Waals surface area (Å²) in [6, 6.07) is -1.50. The molecule has 0 heterocycles. The van der Waals surface area contributed by atoms with Gasteiger partial charge in [-0.3, -0.25) is 10.1 Å². The van der Waals surface area contributed by atoms with Crippen molar-refractivity contribution in [3.63, 3.8) is 0 Å². The predicted molar refractivity (Wildman–Crippen MR) is 33.7 cm³/mol. The van der Waals surface area contributed by atoms with Gasteiger partial charge in [0.25, 0.3) is 0 Å². The van der Waals surface area contributed by atoms with Crippen LogP contribution in [0.4, 0.5) is 0 Å². The number of nitro groups is 1. The molecule has 1 atom stereocenters. The van der Waals surface area contributed by atoms with Crippen LogP contribution in [0.1, 0.15) is 6.42 Å². The number of rotatable bonds is 5. The van der Waals surface area contributed by atoms with Gasteiger partial charge in [0, 0.05) is 11.3 Å². The zero-order valence-corrected chi connectivity index (χ0v) is 5.47. The van der Waals surface area contributed by atoms with E-state index in [-0.39, 0.29) is 6.42 Å². The van der Waals surface area contributed by atoms with E-state index in [9.17, 15) is 19.8 Å². The average Bonchev–Trinajstić information content (AvgIpc) is 1.87. The van der Waals surface area contributed by atoms with E-state index in [1.54, 1.807) is 0 Å². The minimum Gasteiger partial charge on any atom is -0.480 e. The van der Waals surface area contributed by atoms with Crippen LogP contribution in [0, 0.1) is 15.0 Å². The summed E-state index contributed by atoms with van der Waals surface area (Å²) in [6.45, 7) is -0.553. The summed E-state index contributed by atoms with van der Waals surface area (Å²) in [6.07, 6.45) is -0.355. The fourth-order valence-corrected chi connectivity index (χ4v) is 0.449. The molecule has 11 heavy (non-hydrogen) atoms. The van der Waals surface area contributed by atoms with Crippen LogP contribution in [-0.4, -0.2) is 28.6 Å². The molecule has 0 bridgehead atoms. The summed E-state index contributed by atoms with van der Waals surface area (Å²) in [7, 11) is 0. The number of carboxylic acids is 1. The molecule has 0 aromatic rings. The van der Waals surface area contributed by atoms with E-state index < -0.39 is 23.5 Å². The number of hydrogen-bond acceptors (Lipinski definition) is 5. The van der Waals surface area contributed by atoms with Crippen LogP contribution in [0.15, 0.2) is 5.18 Å². The molecule has 0 saturated carbocycles. The second-order valence-electron chi connectivity index (χ2n) is 1.80. The molecular weight excluding hydrogens is 156 g/mol. The fourth-order valence-electron chi connectivity index (χ4n) is 0.449. The lowest BCUT2D eigenvalue weighted by Gasteiger charge is -1.97. The topological polar surface area (TPSA) is 110 Å². The predicted octanol–water partition coefficient (Wildman–Crippen LogP) is -0.127. The third-order valence-corrected chi connectivity index (χ3v) is 0.997. The molecule has 0 saturated heterocycles. The van der Waals surface area contributed by atoms with Gasteiger partial charge in [-0.25, -0.2) is 4.79 Å². The number of aliphatic carboxylic acids is 1. The standard InChI is InChI=1S/C4H6N2O5/c7-4(8)3(5-9)1-2-6(10)11/h3H,1-2H2,(H,7,8). The van der Waals surface area contributed by atoms with Crippen molar-refractivity contribution >= 4 is 5.97 Å². The van der Waals surface area contributed by atoms with Gasteiger partial charge in [0.15, 0.2) is 6.04 Å². The molecule has 0 aliphatic heterocycles. The lowest BCUT2D eigenvalue weighted by atomic mass is 10.2. The van der Waals surface area contributed by atoms with Gasteiger partial charge < -0.3 is 5.11 Å². The van der Waals surface area contributed by atoms with Gasteiger partial charge in [-0.05, 0) is 0 Å². The van der Waals surface area contributed by atoms with Crippen molar-refractivity contribution < 1.29 is 14.8 Å². The monoisotopic (exact) mass is 162 g/mol. The van der Waals surface area contributed by atoms with Crippen molar-refractivity contribution in [2.24, 2.45) is 5.18 Å². The summed E-state index contributed by atoms with van der Waals surface area (Å²) in [5, 5.41) is 20.1. The summed E-state index contributed by atoms with van der Waals surface area (Å²) in [5.41, 5.74) is 0. The van der Waals surface area contributed by atoms with Crippen molar-refractivity contribution in [2.75, 3.05) is 6.54 Å². The normalized spacial score (nSPS) is 12.0. The quantitative estimate of drug-likeness (QED) is 0.344. The first kappa shape index (κ1) is 9.47. The zero-order valence-electron chi connectivity index (χ0n) is 5.47. The minimum atomic E-state index is -1.50. The molecule has 0 spiro atoms. The first-order chi connectivity index (χ1) is 5.07. The van der Waals surface area contributed by atoms with Crippen LogP contribution < -0.4 is 0 Å². The van der Waals surface area contributed by atoms with E-state index in [2.05, 4.69) is 5.18 Å². The molecule has 0 aromatic carbocycles. The maximum atomic E-state index is 10.0. The highest BCUT2D eigenvalue weighted by Crippen LogP contribution is 1.97. The van der Waals surface area contributed by atoms with E-state index >= 15 is 0 Å². The van der Waals surface area contributed by atoms with E-state index in [0.29, 0.717) is 0 Å². The molecule has 1 N–H and O–H groups in total. The fraction of sp³-hybridized carbons (Fsp3) is 0.750. The Labute approximate surface area is 61.1 Å². The largest absolute Gasteiger partial charge is 0.480 e. The Morgan fingerprint density at radius 3 is 2.55 bits per heavy atom. The van der Waals surface area contributed by atoms with Gasteiger partial charge in [-0.15, -0.1) is 4.91 Å².